The third kappa shape index (κ3) is 5.41. The molecular weight excluding hydrogens is 635 g/mol. The highest BCUT2D eigenvalue weighted by atomic mass is 32.1. The monoisotopic (exact) mass is 677 g/mol. The summed E-state index contributed by atoms with van der Waals surface area (Å²) in [5, 5.41) is 8.23. The molecule has 0 bridgehead atoms. The van der Waals surface area contributed by atoms with Gasteiger partial charge in [-0.05, 0) is 58.6 Å². The van der Waals surface area contributed by atoms with E-state index < -0.39 is 14.1 Å². The fourth-order valence-corrected chi connectivity index (χ4v) is 13.6. The molecule has 2 aromatic heterocycles. The van der Waals surface area contributed by atoms with Gasteiger partial charge in [0.1, 0.15) is 36.6 Å². The van der Waals surface area contributed by atoms with E-state index in [0.29, 0.717) is 6.61 Å². The van der Waals surface area contributed by atoms with E-state index >= 15 is 0 Å². The van der Waals surface area contributed by atoms with E-state index in [1.54, 1.807) is 17.7 Å². The number of thiophene rings is 1. The number of fused-ring (bicyclic) bond motifs is 3. The Balaban J connectivity index is 1.11. The molecular formula is C39H43N3O4SSi. The molecule has 248 valence electrons. The molecule has 0 spiro atoms. The van der Waals surface area contributed by atoms with Gasteiger partial charge in [0.05, 0.1) is 22.9 Å². The van der Waals surface area contributed by atoms with E-state index in [1.807, 2.05) is 13.8 Å². The molecule has 48 heavy (non-hydrogen) atoms. The normalized spacial score (nSPS) is 24.9. The summed E-state index contributed by atoms with van der Waals surface area (Å²) in [5.41, 5.74) is 4.67. The summed E-state index contributed by atoms with van der Waals surface area (Å²) in [6.07, 6.45) is 2.52. The molecule has 8 rings (SSSR count). The van der Waals surface area contributed by atoms with Gasteiger partial charge in [-0.1, -0.05) is 106 Å². The lowest BCUT2D eigenvalue weighted by atomic mass is 10.0. The van der Waals surface area contributed by atoms with Crippen molar-refractivity contribution in [2.75, 3.05) is 11.9 Å². The Morgan fingerprint density at radius 1 is 0.875 bits per heavy atom. The quantitative estimate of drug-likeness (QED) is 0.173. The van der Waals surface area contributed by atoms with E-state index in [2.05, 4.69) is 116 Å². The van der Waals surface area contributed by atoms with Crippen LogP contribution in [0, 0.1) is 0 Å². The van der Waals surface area contributed by atoms with Crippen LogP contribution in [0.15, 0.2) is 96.6 Å². The van der Waals surface area contributed by atoms with Crippen molar-refractivity contribution in [1.29, 1.82) is 0 Å². The van der Waals surface area contributed by atoms with E-state index in [9.17, 15) is 0 Å². The van der Waals surface area contributed by atoms with Crippen LogP contribution < -0.4 is 15.7 Å². The van der Waals surface area contributed by atoms with Crippen molar-refractivity contribution in [3.8, 4) is 0 Å². The average Bonchev–Trinajstić information content (AvgIpc) is 3.84. The predicted molar refractivity (Wildman–Crippen MR) is 194 cm³/mol. The van der Waals surface area contributed by atoms with E-state index in [-0.39, 0.29) is 35.5 Å². The highest BCUT2D eigenvalue weighted by Crippen LogP contribution is 2.49. The number of hydrogen-bond donors (Lipinski definition) is 1. The number of benzene rings is 3. The maximum absolute atomic E-state index is 7.35. The van der Waals surface area contributed by atoms with Crippen molar-refractivity contribution >= 4 is 46.1 Å². The smallest absolute Gasteiger partial charge is 0.261 e. The largest absolute Gasteiger partial charge is 0.405 e. The zero-order chi connectivity index (χ0) is 33.1. The second-order valence-electron chi connectivity index (χ2n) is 14.7. The van der Waals surface area contributed by atoms with Gasteiger partial charge in [-0.25, -0.2) is 9.97 Å². The molecule has 7 nitrogen and oxygen atoms in total. The van der Waals surface area contributed by atoms with Crippen molar-refractivity contribution in [1.82, 2.24) is 9.97 Å². The van der Waals surface area contributed by atoms with Gasteiger partial charge in [-0.3, -0.25) is 0 Å². The summed E-state index contributed by atoms with van der Waals surface area (Å²) in [7, 11) is -2.78. The molecule has 0 radical (unpaired) electrons. The van der Waals surface area contributed by atoms with Crippen molar-refractivity contribution < 1.29 is 18.6 Å². The maximum Gasteiger partial charge on any atom is 0.261 e. The minimum Gasteiger partial charge on any atom is -0.405 e. The Bertz CT molecular complexity index is 1870. The van der Waals surface area contributed by atoms with Crippen LogP contribution in [0.25, 0.3) is 10.2 Å². The number of ether oxygens (including phenoxy) is 3. The predicted octanol–water partition coefficient (Wildman–Crippen LogP) is 7.33. The fraction of sp³-hybridized carbons (Fsp3) is 0.385. The van der Waals surface area contributed by atoms with Gasteiger partial charge in [0.25, 0.3) is 8.32 Å². The fourth-order valence-electron chi connectivity index (χ4n) is 8.08. The van der Waals surface area contributed by atoms with E-state index in [4.69, 9.17) is 28.6 Å². The third-order valence-corrected chi connectivity index (χ3v) is 16.2. The second kappa shape index (κ2) is 12.2. The van der Waals surface area contributed by atoms with E-state index in [1.165, 1.54) is 21.5 Å². The van der Waals surface area contributed by atoms with Gasteiger partial charge >= 0.3 is 0 Å². The molecule has 4 heterocycles. The number of aryl methyl sites for hydroxylation is 1. The topological polar surface area (TPSA) is 74.7 Å². The molecule has 1 N–H and O–H groups in total. The summed E-state index contributed by atoms with van der Waals surface area (Å²) >= 11 is 1.65. The molecule has 3 aliphatic rings. The van der Waals surface area contributed by atoms with Crippen molar-refractivity contribution in [3.05, 3.63) is 113 Å². The Hall–Kier alpha value is -3.44. The van der Waals surface area contributed by atoms with Gasteiger partial charge in [0.2, 0.25) is 0 Å². The summed E-state index contributed by atoms with van der Waals surface area (Å²) < 4.78 is 28.5. The number of nitrogens with zero attached hydrogens (tertiary/aromatic N) is 2. The van der Waals surface area contributed by atoms with Crippen LogP contribution >= 0.6 is 11.3 Å². The zero-order valence-electron chi connectivity index (χ0n) is 28.2. The van der Waals surface area contributed by atoms with Crippen LogP contribution in [0.5, 0.6) is 0 Å². The summed E-state index contributed by atoms with van der Waals surface area (Å²) in [6.45, 7) is 11.2. The highest BCUT2D eigenvalue weighted by molar-refractivity contribution is 7.18. The Morgan fingerprint density at radius 2 is 1.54 bits per heavy atom. The number of anilines is 1. The molecule has 0 saturated carbocycles. The summed E-state index contributed by atoms with van der Waals surface area (Å²) in [6, 6.07) is 30.4. The van der Waals surface area contributed by atoms with Gasteiger partial charge in [-0.2, -0.15) is 0 Å². The van der Waals surface area contributed by atoms with Crippen LogP contribution in [0.3, 0.4) is 0 Å². The second-order valence-corrected chi connectivity index (χ2v) is 19.8. The third-order valence-electron chi connectivity index (χ3n) is 10.2. The standard InChI is InChI=1S/C39H43N3O4SSi/c1-38(2,3)48(26-15-8-6-9-16-26,27-17-10-7-11-18-27)43-22-31-34-35(46-39(4,5)45-34)33(44-31)29-23-47-36-32(29)40-24-41-37(36)42-30-21-20-25-14-12-13-19-28(25)30/h6-19,23-24,30-31,33-35H,20-22H2,1-5H3,(H,40,41,42)/t30-,31+,33-,34+,35-/m0/s1. The first-order chi connectivity index (χ1) is 23.1. The molecule has 2 aliphatic heterocycles. The van der Waals surface area contributed by atoms with Crippen LogP contribution in [0.2, 0.25) is 5.04 Å². The van der Waals surface area contributed by atoms with Crippen LogP contribution in [-0.4, -0.2) is 49.0 Å². The molecule has 5 aromatic rings. The van der Waals surface area contributed by atoms with Crippen molar-refractivity contribution in [2.45, 2.75) is 88.7 Å². The first kappa shape index (κ1) is 31.8. The number of nitrogens with one attached hydrogen (secondary N) is 1. The zero-order valence-corrected chi connectivity index (χ0v) is 30.0. The first-order valence-corrected chi connectivity index (χ1v) is 19.8. The molecule has 0 amide bonds. The Morgan fingerprint density at radius 3 is 2.25 bits per heavy atom. The maximum atomic E-state index is 7.35. The number of hydrogen-bond acceptors (Lipinski definition) is 8. The molecule has 2 fully saturated rings. The highest BCUT2D eigenvalue weighted by Gasteiger charge is 2.58. The molecule has 5 atom stereocenters. The van der Waals surface area contributed by atoms with Crippen molar-refractivity contribution in [3.63, 3.8) is 0 Å². The Labute approximate surface area is 287 Å². The first-order valence-electron chi connectivity index (χ1n) is 17.0. The number of aromatic nitrogens is 2. The van der Waals surface area contributed by atoms with Gasteiger partial charge in [-0.15, -0.1) is 11.3 Å². The van der Waals surface area contributed by atoms with Crippen LogP contribution in [-0.2, 0) is 25.1 Å². The van der Waals surface area contributed by atoms with Crippen molar-refractivity contribution in [2.24, 2.45) is 0 Å². The average molecular weight is 678 g/mol. The lowest BCUT2D eigenvalue weighted by Crippen LogP contribution is -2.67. The minimum atomic E-state index is -2.78. The molecule has 1 aliphatic carbocycles. The molecule has 9 heteroatoms. The van der Waals surface area contributed by atoms with Crippen LogP contribution in [0.1, 0.15) is 69.9 Å². The van der Waals surface area contributed by atoms with E-state index in [0.717, 1.165) is 34.4 Å². The Kier molecular flexibility index (Phi) is 8.05. The van der Waals surface area contributed by atoms with Crippen LogP contribution in [0.4, 0.5) is 5.82 Å². The summed E-state index contributed by atoms with van der Waals surface area (Å²) in [4.78, 5) is 9.50. The lowest BCUT2D eigenvalue weighted by Gasteiger charge is -2.43. The van der Waals surface area contributed by atoms with Gasteiger partial charge in [0, 0.05) is 5.56 Å². The lowest BCUT2D eigenvalue weighted by molar-refractivity contribution is -0.190. The number of rotatable bonds is 8. The molecule has 2 saturated heterocycles. The summed E-state index contributed by atoms with van der Waals surface area (Å²) in [5.74, 6) is 0.124. The van der Waals surface area contributed by atoms with Gasteiger partial charge < -0.3 is 24.0 Å². The molecule has 0 unspecified atom stereocenters. The SMILES string of the molecule is CC1(C)O[C@@H]2[C@H](O1)[C@@H](CO[Si](c1ccccc1)(c1ccccc1)C(C)(C)C)O[C@H]2c1csc2c(N[C@H]3CCc4ccccc43)ncnc12. The van der Waals surface area contributed by atoms with Gasteiger partial charge in [0.15, 0.2) is 5.79 Å². The molecule has 3 aromatic carbocycles. The minimum absolute atomic E-state index is 0.150.